The standard InChI is InChI=1S/C21H26N2O5S/c1-4-21(24)23-11-10-16-13-17(7-8-18(16)23)29(25,26)22-14-15-6-9-19(27-3)20(12-15)28-5-2/h6-9,12-13,22H,4-5,10-11,14H2,1-3H3. The van der Waals surface area contributed by atoms with Gasteiger partial charge in [0.25, 0.3) is 0 Å². The van der Waals surface area contributed by atoms with Gasteiger partial charge in [-0.25, -0.2) is 13.1 Å². The summed E-state index contributed by atoms with van der Waals surface area (Å²) in [4.78, 5) is 13.9. The lowest BCUT2D eigenvalue weighted by Crippen LogP contribution is -2.27. The van der Waals surface area contributed by atoms with Crippen molar-refractivity contribution < 1.29 is 22.7 Å². The van der Waals surface area contributed by atoms with Crippen molar-refractivity contribution in [2.75, 3.05) is 25.2 Å². The second kappa shape index (κ2) is 8.84. The molecular weight excluding hydrogens is 392 g/mol. The molecule has 0 aromatic heterocycles. The molecule has 1 N–H and O–H groups in total. The van der Waals surface area contributed by atoms with Gasteiger partial charge in [0.2, 0.25) is 15.9 Å². The summed E-state index contributed by atoms with van der Waals surface area (Å²) in [5.74, 6) is 1.22. The number of hydrogen-bond acceptors (Lipinski definition) is 5. The molecule has 8 heteroatoms. The molecule has 0 radical (unpaired) electrons. The number of nitrogens with one attached hydrogen (secondary N) is 1. The fraction of sp³-hybridized carbons (Fsp3) is 0.381. The Hall–Kier alpha value is -2.58. The molecule has 0 bridgehead atoms. The van der Waals surface area contributed by atoms with Gasteiger partial charge in [0.15, 0.2) is 11.5 Å². The highest BCUT2D eigenvalue weighted by molar-refractivity contribution is 7.89. The van der Waals surface area contributed by atoms with Crippen molar-refractivity contribution in [3.8, 4) is 11.5 Å². The van der Waals surface area contributed by atoms with E-state index in [4.69, 9.17) is 9.47 Å². The van der Waals surface area contributed by atoms with Crippen LogP contribution in [0.3, 0.4) is 0 Å². The van der Waals surface area contributed by atoms with Crippen LogP contribution in [-0.2, 0) is 27.8 Å². The Kier molecular flexibility index (Phi) is 6.44. The molecule has 0 saturated carbocycles. The minimum atomic E-state index is -3.69. The zero-order valence-electron chi connectivity index (χ0n) is 16.9. The number of hydrogen-bond donors (Lipinski definition) is 1. The molecule has 2 aromatic rings. The Bertz CT molecular complexity index is 1000. The van der Waals surface area contributed by atoms with Crippen molar-refractivity contribution >= 4 is 21.6 Å². The Morgan fingerprint density at radius 2 is 1.93 bits per heavy atom. The van der Waals surface area contributed by atoms with Crippen LogP contribution in [0, 0.1) is 0 Å². The Balaban J connectivity index is 1.76. The van der Waals surface area contributed by atoms with Crippen molar-refractivity contribution in [2.24, 2.45) is 0 Å². The first-order valence-electron chi connectivity index (χ1n) is 9.62. The predicted octanol–water partition coefficient (Wildman–Crippen LogP) is 2.87. The summed E-state index contributed by atoms with van der Waals surface area (Å²) < 4.78 is 38.9. The highest BCUT2D eigenvalue weighted by Crippen LogP contribution is 2.31. The number of carbonyl (C=O) groups is 1. The van der Waals surface area contributed by atoms with E-state index < -0.39 is 10.0 Å². The summed E-state index contributed by atoms with van der Waals surface area (Å²) in [7, 11) is -2.13. The van der Waals surface area contributed by atoms with Crippen molar-refractivity contribution in [2.45, 2.75) is 38.1 Å². The van der Waals surface area contributed by atoms with E-state index in [1.165, 1.54) is 0 Å². The van der Waals surface area contributed by atoms with E-state index in [2.05, 4.69) is 4.72 Å². The van der Waals surface area contributed by atoms with Crippen molar-refractivity contribution in [3.63, 3.8) is 0 Å². The molecule has 7 nitrogen and oxygen atoms in total. The molecule has 3 rings (SSSR count). The van der Waals surface area contributed by atoms with Crippen LogP contribution in [0.25, 0.3) is 0 Å². The molecule has 156 valence electrons. The van der Waals surface area contributed by atoms with E-state index in [1.807, 2.05) is 13.8 Å². The van der Waals surface area contributed by atoms with E-state index in [0.717, 1.165) is 16.8 Å². The largest absolute Gasteiger partial charge is 0.493 e. The lowest BCUT2D eigenvalue weighted by molar-refractivity contribution is -0.118. The first-order valence-corrected chi connectivity index (χ1v) is 11.1. The van der Waals surface area contributed by atoms with E-state index in [9.17, 15) is 13.2 Å². The van der Waals surface area contributed by atoms with Gasteiger partial charge in [-0.15, -0.1) is 0 Å². The average molecular weight is 419 g/mol. The summed E-state index contributed by atoms with van der Waals surface area (Å²) in [6, 6.07) is 10.2. The van der Waals surface area contributed by atoms with Crippen LogP contribution < -0.4 is 19.1 Å². The molecular formula is C21H26N2O5S. The quantitative estimate of drug-likeness (QED) is 0.713. The van der Waals surface area contributed by atoms with E-state index in [0.29, 0.717) is 37.5 Å². The number of carbonyl (C=O) groups excluding carboxylic acids is 1. The van der Waals surface area contributed by atoms with Crippen LogP contribution in [0.4, 0.5) is 5.69 Å². The number of amides is 1. The first-order chi connectivity index (χ1) is 13.9. The third kappa shape index (κ3) is 4.54. The Labute approximate surface area is 171 Å². The average Bonchev–Trinajstić information content (AvgIpc) is 3.15. The van der Waals surface area contributed by atoms with E-state index in [1.54, 1.807) is 48.4 Å². The second-order valence-electron chi connectivity index (χ2n) is 6.68. The number of sulfonamides is 1. The molecule has 0 atom stereocenters. The number of benzene rings is 2. The zero-order chi connectivity index (χ0) is 21.0. The third-order valence-corrected chi connectivity index (χ3v) is 6.25. The molecule has 1 amide bonds. The van der Waals surface area contributed by atoms with Crippen molar-refractivity contribution in [1.82, 2.24) is 4.72 Å². The molecule has 2 aromatic carbocycles. The molecule has 0 fully saturated rings. The number of anilines is 1. The maximum absolute atomic E-state index is 12.8. The van der Waals surface area contributed by atoms with Crippen LogP contribution in [0.2, 0.25) is 0 Å². The SMILES string of the molecule is CCOc1cc(CNS(=O)(=O)c2ccc3c(c2)CCN3C(=O)CC)ccc1OC. The maximum Gasteiger partial charge on any atom is 0.240 e. The summed E-state index contributed by atoms with van der Waals surface area (Å²) in [5.41, 5.74) is 2.43. The number of nitrogens with zero attached hydrogens (tertiary/aromatic N) is 1. The van der Waals surface area contributed by atoms with E-state index in [-0.39, 0.29) is 17.3 Å². The minimum absolute atomic E-state index is 0.0436. The molecule has 1 aliphatic heterocycles. The molecule has 29 heavy (non-hydrogen) atoms. The van der Waals surface area contributed by atoms with Gasteiger partial charge >= 0.3 is 0 Å². The normalized spacial score (nSPS) is 13.3. The van der Waals surface area contributed by atoms with Gasteiger partial charge in [0, 0.05) is 25.2 Å². The molecule has 0 aliphatic carbocycles. The summed E-state index contributed by atoms with van der Waals surface area (Å²) >= 11 is 0. The van der Waals surface area contributed by atoms with Gasteiger partial charge in [0.1, 0.15) is 0 Å². The number of methoxy groups -OCH3 is 1. The molecule has 1 heterocycles. The van der Waals surface area contributed by atoms with Crippen LogP contribution >= 0.6 is 0 Å². The lowest BCUT2D eigenvalue weighted by Gasteiger charge is -2.16. The highest BCUT2D eigenvalue weighted by Gasteiger charge is 2.25. The van der Waals surface area contributed by atoms with Crippen LogP contribution in [0.1, 0.15) is 31.4 Å². The smallest absolute Gasteiger partial charge is 0.240 e. The van der Waals surface area contributed by atoms with E-state index >= 15 is 0 Å². The molecule has 0 spiro atoms. The summed E-state index contributed by atoms with van der Waals surface area (Å²) in [6.07, 6.45) is 1.08. The molecule has 0 saturated heterocycles. The van der Waals surface area contributed by atoms with Gasteiger partial charge in [-0.2, -0.15) is 0 Å². The van der Waals surface area contributed by atoms with Crippen LogP contribution in [0.15, 0.2) is 41.3 Å². The topological polar surface area (TPSA) is 84.9 Å². The van der Waals surface area contributed by atoms with Crippen LogP contribution in [-0.4, -0.2) is 34.6 Å². The van der Waals surface area contributed by atoms with Gasteiger partial charge in [-0.3, -0.25) is 4.79 Å². The second-order valence-corrected chi connectivity index (χ2v) is 8.45. The summed E-state index contributed by atoms with van der Waals surface area (Å²) in [5, 5.41) is 0. The monoisotopic (exact) mass is 418 g/mol. The highest BCUT2D eigenvalue weighted by atomic mass is 32.2. The van der Waals surface area contributed by atoms with Gasteiger partial charge in [-0.1, -0.05) is 13.0 Å². The lowest BCUT2D eigenvalue weighted by atomic mass is 10.2. The number of rotatable bonds is 8. The summed E-state index contributed by atoms with van der Waals surface area (Å²) in [6.45, 7) is 4.89. The maximum atomic E-state index is 12.8. The first kappa shape index (κ1) is 21.1. The minimum Gasteiger partial charge on any atom is -0.493 e. The zero-order valence-corrected chi connectivity index (χ0v) is 17.7. The van der Waals surface area contributed by atoms with Crippen molar-refractivity contribution in [1.29, 1.82) is 0 Å². The fourth-order valence-corrected chi connectivity index (χ4v) is 4.42. The Morgan fingerprint density at radius 1 is 1.14 bits per heavy atom. The number of ether oxygens (including phenoxy) is 2. The number of fused-ring (bicyclic) bond motifs is 1. The Morgan fingerprint density at radius 3 is 2.62 bits per heavy atom. The predicted molar refractivity (Wildman–Crippen MR) is 111 cm³/mol. The van der Waals surface area contributed by atoms with Gasteiger partial charge < -0.3 is 14.4 Å². The third-order valence-electron chi connectivity index (χ3n) is 4.85. The fourth-order valence-electron chi connectivity index (χ4n) is 3.36. The van der Waals surface area contributed by atoms with Crippen molar-refractivity contribution in [3.05, 3.63) is 47.5 Å². The van der Waals surface area contributed by atoms with Gasteiger partial charge in [0.05, 0.1) is 18.6 Å². The van der Waals surface area contributed by atoms with Gasteiger partial charge in [-0.05, 0) is 54.8 Å². The van der Waals surface area contributed by atoms with Crippen LogP contribution in [0.5, 0.6) is 11.5 Å². The molecule has 1 aliphatic rings. The molecule has 0 unspecified atom stereocenters.